The summed E-state index contributed by atoms with van der Waals surface area (Å²) >= 11 is 1.58. The average Bonchev–Trinajstić information content (AvgIpc) is 2.90. The topological polar surface area (TPSA) is 57.6 Å². The highest BCUT2D eigenvalue weighted by Crippen LogP contribution is 2.41. The third-order valence-electron chi connectivity index (χ3n) is 3.35. The Morgan fingerprint density at radius 1 is 1.10 bits per heavy atom. The number of carboxylic acids is 1. The van der Waals surface area contributed by atoms with Crippen molar-refractivity contribution in [3.63, 3.8) is 0 Å². The summed E-state index contributed by atoms with van der Waals surface area (Å²) < 4.78 is 0. The van der Waals surface area contributed by atoms with Crippen molar-refractivity contribution in [3.05, 3.63) is 65.7 Å². The lowest BCUT2D eigenvalue weighted by Gasteiger charge is -2.24. The van der Waals surface area contributed by atoms with E-state index in [-0.39, 0.29) is 16.8 Å². The molecule has 1 saturated heterocycles. The van der Waals surface area contributed by atoms with Crippen LogP contribution in [0.3, 0.4) is 0 Å². The smallest absolute Gasteiger partial charge is 0.335 e. The van der Waals surface area contributed by atoms with Crippen molar-refractivity contribution in [1.29, 1.82) is 0 Å². The molecule has 2 aromatic carbocycles. The number of nitrogens with zero attached hydrogens (tertiary/aromatic N) is 1. The fraction of sp³-hybridized carbons (Fsp3) is 0.125. The van der Waals surface area contributed by atoms with Gasteiger partial charge in [0.1, 0.15) is 5.37 Å². The zero-order chi connectivity index (χ0) is 14.8. The van der Waals surface area contributed by atoms with Gasteiger partial charge in [0, 0.05) is 5.69 Å². The minimum Gasteiger partial charge on any atom is -0.478 e. The predicted octanol–water partition coefficient (Wildman–Crippen LogP) is 3.16. The van der Waals surface area contributed by atoms with Crippen molar-refractivity contribution >= 4 is 29.3 Å². The maximum Gasteiger partial charge on any atom is 0.335 e. The summed E-state index contributed by atoms with van der Waals surface area (Å²) in [5.41, 5.74) is 2.01. The molecule has 1 amide bonds. The lowest BCUT2D eigenvalue weighted by atomic mass is 10.1. The van der Waals surface area contributed by atoms with Crippen molar-refractivity contribution in [2.24, 2.45) is 0 Å². The van der Waals surface area contributed by atoms with Gasteiger partial charge in [0.25, 0.3) is 0 Å². The molecule has 1 aliphatic rings. The highest BCUT2D eigenvalue weighted by atomic mass is 32.2. The van der Waals surface area contributed by atoms with Gasteiger partial charge in [-0.25, -0.2) is 4.79 Å². The SMILES string of the molecule is O=C(O)c1ccc(N2C(=O)CSC2c2ccccc2)cc1. The van der Waals surface area contributed by atoms with Gasteiger partial charge in [-0.05, 0) is 29.8 Å². The lowest BCUT2D eigenvalue weighted by Crippen LogP contribution is -2.27. The number of carboxylic acid groups (broad SMARTS) is 1. The summed E-state index contributed by atoms with van der Waals surface area (Å²) in [6.45, 7) is 0. The van der Waals surface area contributed by atoms with Crippen LogP contribution in [0.5, 0.6) is 0 Å². The van der Waals surface area contributed by atoms with Gasteiger partial charge in [0.2, 0.25) is 5.91 Å². The van der Waals surface area contributed by atoms with Crippen molar-refractivity contribution in [3.8, 4) is 0 Å². The van der Waals surface area contributed by atoms with E-state index in [0.29, 0.717) is 5.75 Å². The van der Waals surface area contributed by atoms with Gasteiger partial charge in [0.05, 0.1) is 11.3 Å². The zero-order valence-electron chi connectivity index (χ0n) is 11.1. The number of anilines is 1. The number of amides is 1. The van der Waals surface area contributed by atoms with Crippen LogP contribution in [0.2, 0.25) is 0 Å². The van der Waals surface area contributed by atoms with Gasteiger partial charge in [-0.15, -0.1) is 11.8 Å². The fourth-order valence-corrected chi connectivity index (χ4v) is 3.51. The molecule has 1 aliphatic heterocycles. The van der Waals surface area contributed by atoms with Crippen LogP contribution in [0.25, 0.3) is 0 Å². The number of hydrogen-bond donors (Lipinski definition) is 1. The second-order valence-corrected chi connectivity index (χ2v) is 5.76. The van der Waals surface area contributed by atoms with Crippen LogP contribution in [-0.2, 0) is 4.79 Å². The number of aromatic carboxylic acids is 1. The summed E-state index contributed by atoms with van der Waals surface area (Å²) in [6, 6.07) is 16.2. The van der Waals surface area contributed by atoms with Crippen molar-refractivity contribution in [1.82, 2.24) is 0 Å². The molecule has 0 aliphatic carbocycles. The number of hydrogen-bond acceptors (Lipinski definition) is 3. The summed E-state index contributed by atoms with van der Waals surface area (Å²) in [4.78, 5) is 24.8. The van der Waals surface area contributed by atoms with E-state index in [4.69, 9.17) is 5.11 Å². The fourth-order valence-electron chi connectivity index (χ4n) is 2.33. The Morgan fingerprint density at radius 3 is 2.38 bits per heavy atom. The molecule has 1 fully saturated rings. The average molecular weight is 299 g/mol. The zero-order valence-corrected chi connectivity index (χ0v) is 11.9. The van der Waals surface area contributed by atoms with Crippen molar-refractivity contribution < 1.29 is 14.7 Å². The summed E-state index contributed by atoms with van der Waals surface area (Å²) in [6.07, 6.45) is 0. The van der Waals surface area contributed by atoms with E-state index in [2.05, 4.69) is 0 Å². The van der Waals surface area contributed by atoms with E-state index in [1.807, 2.05) is 30.3 Å². The third kappa shape index (κ3) is 2.64. The van der Waals surface area contributed by atoms with Crippen molar-refractivity contribution in [2.45, 2.75) is 5.37 Å². The normalized spacial score (nSPS) is 18.0. The first-order valence-electron chi connectivity index (χ1n) is 6.49. The summed E-state index contributed by atoms with van der Waals surface area (Å²) in [7, 11) is 0. The molecule has 0 saturated carbocycles. The van der Waals surface area contributed by atoms with E-state index in [1.165, 1.54) is 12.1 Å². The number of thioether (sulfide) groups is 1. The van der Waals surface area contributed by atoms with Gasteiger partial charge >= 0.3 is 5.97 Å². The minimum atomic E-state index is -0.969. The minimum absolute atomic E-state index is 0.0388. The quantitative estimate of drug-likeness (QED) is 0.946. The van der Waals surface area contributed by atoms with Crippen LogP contribution in [0.1, 0.15) is 21.3 Å². The van der Waals surface area contributed by atoms with E-state index in [1.54, 1.807) is 28.8 Å². The molecule has 1 unspecified atom stereocenters. The van der Waals surface area contributed by atoms with E-state index in [0.717, 1.165) is 11.3 Å². The Bertz CT molecular complexity index is 670. The van der Waals surface area contributed by atoms with Crippen LogP contribution in [0.4, 0.5) is 5.69 Å². The standard InChI is InChI=1S/C16H13NO3S/c18-14-10-21-15(11-4-2-1-3-5-11)17(14)13-8-6-12(7-9-13)16(19)20/h1-9,15H,10H2,(H,19,20). The molecule has 4 nitrogen and oxygen atoms in total. The first-order chi connectivity index (χ1) is 10.2. The molecule has 21 heavy (non-hydrogen) atoms. The first kappa shape index (κ1) is 13.7. The molecular formula is C16H13NO3S. The Hall–Kier alpha value is -2.27. The molecule has 0 aromatic heterocycles. The van der Waals surface area contributed by atoms with E-state index in [9.17, 15) is 9.59 Å². The summed E-state index contributed by atoms with van der Waals surface area (Å²) in [5.74, 6) is -0.500. The molecule has 0 spiro atoms. The maximum atomic E-state index is 12.2. The number of carbonyl (C=O) groups is 2. The van der Waals surface area contributed by atoms with E-state index >= 15 is 0 Å². The van der Waals surface area contributed by atoms with Gasteiger partial charge in [-0.3, -0.25) is 9.69 Å². The van der Waals surface area contributed by atoms with Crippen LogP contribution >= 0.6 is 11.8 Å². The molecular weight excluding hydrogens is 286 g/mol. The molecule has 3 rings (SSSR count). The predicted molar refractivity (Wildman–Crippen MR) is 82.5 cm³/mol. The molecule has 2 aromatic rings. The Morgan fingerprint density at radius 2 is 1.76 bits per heavy atom. The number of rotatable bonds is 3. The molecule has 1 heterocycles. The molecule has 0 bridgehead atoms. The number of benzene rings is 2. The Labute approximate surface area is 126 Å². The molecule has 1 N–H and O–H groups in total. The largest absolute Gasteiger partial charge is 0.478 e. The van der Waals surface area contributed by atoms with Crippen LogP contribution < -0.4 is 4.90 Å². The third-order valence-corrected chi connectivity index (χ3v) is 4.56. The molecule has 1 atom stereocenters. The maximum absolute atomic E-state index is 12.2. The van der Waals surface area contributed by atoms with Gasteiger partial charge in [-0.1, -0.05) is 30.3 Å². The second-order valence-electron chi connectivity index (χ2n) is 4.69. The van der Waals surface area contributed by atoms with Gasteiger partial charge in [-0.2, -0.15) is 0 Å². The molecule has 106 valence electrons. The highest BCUT2D eigenvalue weighted by Gasteiger charge is 2.33. The van der Waals surface area contributed by atoms with Gasteiger partial charge < -0.3 is 5.11 Å². The lowest BCUT2D eigenvalue weighted by molar-refractivity contribution is -0.115. The van der Waals surface area contributed by atoms with Crippen LogP contribution in [-0.4, -0.2) is 22.7 Å². The van der Waals surface area contributed by atoms with Crippen LogP contribution in [0.15, 0.2) is 54.6 Å². The van der Waals surface area contributed by atoms with E-state index < -0.39 is 5.97 Å². The number of carbonyl (C=O) groups excluding carboxylic acids is 1. The Kier molecular flexibility index (Phi) is 3.66. The van der Waals surface area contributed by atoms with Crippen molar-refractivity contribution in [2.75, 3.05) is 10.7 Å². The second kappa shape index (κ2) is 5.61. The van der Waals surface area contributed by atoms with Crippen LogP contribution in [0, 0.1) is 0 Å². The summed E-state index contributed by atoms with van der Waals surface area (Å²) in [5, 5.41) is 8.88. The first-order valence-corrected chi connectivity index (χ1v) is 7.53. The monoisotopic (exact) mass is 299 g/mol. The molecule has 0 radical (unpaired) electrons. The van der Waals surface area contributed by atoms with Gasteiger partial charge in [0.15, 0.2) is 0 Å². The Balaban J connectivity index is 1.94. The highest BCUT2D eigenvalue weighted by molar-refractivity contribution is 8.00. The molecule has 5 heteroatoms.